The molecule has 1 N–H and O–H groups in total. The van der Waals surface area contributed by atoms with E-state index >= 15 is 0 Å². The number of aryl methyl sites for hydroxylation is 1. The number of hydrogen-bond donors (Lipinski definition) is 1. The number of likely N-dealkylation sites (tertiary alicyclic amines) is 1. The van der Waals surface area contributed by atoms with E-state index in [9.17, 15) is 9.59 Å². The summed E-state index contributed by atoms with van der Waals surface area (Å²) in [7, 11) is 0. The van der Waals surface area contributed by atoms with E-state index in [1.165, 1.54) is 0 Å². The van der Waals surface area contributed by atoms with Gasteiger partial charge in [-0.05, 0) is 12.8 Å². The fourth-order valence-corrected chi connectivity index (χ4v) is 2.79. The van der Waals surface area contributed by atoms with Gasteiger partial charge < -0.3 is 10.0 Å². The monoisotopic (exact) mass is 340 g/mol. The maximum Gasteiger partial charge on any atom is 0.308 e. The molecule has 2 heterocycles. The van der Waals surface area contributed by atoms with E-state index in [0.717, 1.165) is 17.1 Å². The smallest absolute Gasteiger partial charge is 0.308 e. The van der Waals surface area contributed by atoms with Crippen molar-refractivity contribution >= 4 is 48.0 Å². The Bertz CT molecular complexity index is 467. The van der Waals surface area contributed by atoms with Crippen LogP contribution in [0.1, 0.15) is 24.0 Å². The molecule has 5 nitrogen and oxygen atoms in total. The molecular weight excluding hydrogens is 323 g/mol. The summed E-state index contributed by atoms with van der Waals surface area (Å²) in [5.41, 5.74) is 0.792. The lowest BCUT2D eigenvalue weighted by Gasteiger charge is -2.14. The van der Waals surface area contributed by atoms with E-state index in [1.54, 1.807) is 16.2 Å². The summed E-state index contributed by atoms with van der Waals surface area (Å²) >= 11 is 1.56. The average molecular weight is 341 g/mol. The van der Waals surface area contributed by atoms with Crippen molar-refractivity contribution in [2.75, 3.05) is 13.1 Å². The summed E-state index contributed by atoms with van der Waals surface area (Å²) in [4.78, 5) is 28.8. The lowest BCUT2D eigenvalue weighted by atomic mass is 10.1. The minimum absolute atomic E-state index is 0. The molecule has 1 atom stereocenters. The maximum atomic E-state index is 12.0. The molecule has 1 aromatic rings. The number of carboxylic acid groups (broad SMARTS) is 1. The summed E-state index contributed by atoms with van der Waals surface area (Å²) in [6, 6.07) is 0. The second-order valence-electron chi connectivity index (χ2n) is 4.43. The first-order valence-electron chi connectivity index (χ1n) is 6.04. The number of amides is 1. The van der Waals surface area contributed by atoms with Crippen LogP contribution in [0.4, 0.5) is 0 Å². The van der Waals surface area contributed by atoms with Gasteiger partial charge in [-0.1, -0.05) is 6.92 Å². The largest absolute Gasteiger partial charge is 0.481 e. The molecule has 0 bridgehead atoms. The van der Waals surface area contributed by atoms with Gasteiger partial charge in [-0.15, -0.1) is 36.2 Å². The molecule has 8 heteroatoms. The fraction of sp³-hybridized carbons (Fsp3) is 0.583. The third-order valence-corrected chi connectivity index (χ3v) is 4.17. The summed E-state index contributed by atoms with van der Waals surface area (Å²) in [5, 5.41) is 11.8. The van der Waals surface area contributed by atoms with Crippen molar-refractivity contribution in [1.82, 2.24) is 9.88 Å². The molecule has 1 saturated heterocycles. The van der Waals surface area contributed by atoms with Gasteiger partial charge in [-0.2, -0.15) is 0 Å². The standard InChI is InChI=1S/C12H16N2O3S.2ClH/c1-2-10-13-9(7-18-10)5-11(15)14-4-3-8(6-14)12(16)17;;/h7-8H,2-6H2,1H3,(H,16,17);2*1H. The number of aromatic nitrogens is 1. The van der Waals surface area contributed by atoms with Crippen LogP contribution in [0, 0.1) is 5.92 Å². The topological polar surface area (TPSA) is 70.5 Å². The Labute approximate surface area is 134 Å². The number of carboxylic acids is 1. The van der Waals surface area contributed by atoms with Crippen LogP contribution in [0.25, 0.3) is 0 Å². The van der Waals surface area contributed by atoms with Crippen molar-refractivity contribution in [3.8, 4) is 0 Å². The van der Waals surface area contributed by atoms with Gasteiger partial charge in [0.2, 0.25) is 5.91 Å². The molecule has 0 saturated carbocycles. The Kier molecular flexibility index (Phi) is 8.08. The summed E-state index contributed by atoms with van der Waals surface area (Å²) in [6.45, 7) is 2.90. The zero-order valence-corrected chi connectivity index (χ0v) is 13.5. The number of rotatable bonds is 4. The zero-order chi connectivity index (χ0) is 13.1. The molecule has 1 amide bonds. The third-order valence-electron chi connectivity index (χ3n) is 3.12. The van der Waals surface area contributed by atoms with E-state index in [0.29, 0.717) is 19.5 Å². The molecule has 0 spiro atoms. The second-order valence-corrected chi connectivity index (χ2v) is 5.37. The minimum atomic E-state index is -0.813. The second kappa shape index (κ2) is 8.44. The number of halogens is 2. The first-order valence-corrected chi connectivity index (χ1v) is 6.92. The summed E-state index contributed by atoms with van der Waals surface area (Å²) in [6.07, 6.45) is 1.71. The quantitative estimate of drug-likeness (QED) is 0.910. The number of aliphatic carboxylic acids is 1. The SMILES string of the molecule is CCc1nc(CC(=O)N2CCC(C(=O)O)C2)cs1.Cl.Cl. The summed E-state index contributed by atoms with van der Waals surface area (Å²) < 4.78 is 0. The van der Waals surface area contributed by atoms with Gasteiger partial charge >= 0.3 is 5.97 Å². The number of carbonyl (C=O) groups excluding carboxylic acids is 1. The van der Waals surface area contributed by atoms with Crippen molar-refractivity contribution in [3.63, 3.8) is 0 Å². The molecule has 1 aromatic heterocycles. The van der Waals surface area contributed by atoms with Crippen LogP contribution in [0.5, 0.6) is 0 Å². The normalized spacial score (nSPS) is 17.2. The number of hydrogen-bond acceptors (Lipinski definition) is 4. The third kappa shape index (κ3) is 4.61. The van der Waals surface area contributed by atoms with Gasteiger partial charge in [0.15, 0.2) is 0 Å². The van der Waals surface area contributed by atoms with Gasteiger partial charge in [0, 0.05) is 18.5 Å². The highest BCUT2D eigenvalue weighted by Gasteiger charge is 2.30. The average Bonchev–Trinajstić information content (AvgIpc) is 2.97. The van der Waals surface area contributed by atoms with Crippen molar-refractivity contribution in [2.45, 2.75) is 26.2 Å². The molecule has 0 aromatic carbocycles. The van der Waals surface area contributed by atoms with Crippen LogP contribution in [-0.2, 0) is 22.4 Å². The Hall–Kier alpha value is -0.850. The fourth-order valence-electron chi connectivity index (χ4n) is 2.05. The lowest BCUT2D eigenvalue weighted by Crippen LogP contribution is -2.31. The van der Waals surface area contributed by atoms with Gasteiger partial charge in [0.25, 0.3) is 0 Å². The Morgan fingerprint density at radius 2 is 2.20 bits per heavy atom. The molecule has 1 unspecified atom stereocenters. The van der Waals surface area contributed by atoms with Gasteiger partial charge in [-0.25, -0.2) is 4.98 Å². The van der Waals surface area contributed by atoms with Gasteiger partial charge in [0.1, 0.15) is 0 Å². The lowest BCUT2D eigenvalue weighted by molar-refractivity contribution is -0.141. The van der Waals surface area contributed by atoms with Crippen molar-refractivity contribution in [3.05, 3.63) is 16.1 Å². The van der Waals surface area contributed by atoms with E-state index in [1.807, 2.05) is 12.3 Å². The van der Waals surface area contributed by atoms with E-state index < -0.39 is 11.9 Å². The molecule has 2 rings (SSSR count). The predicted octanol–water partition coefficient (Wildman–Crippen LogP) is 2.02. The van der Waals surface area contributed by atoms with Crippen LogP contribution in [0.15, 0.2) is 5.38 Å². The highest BCUT2D eigenvalue weighted by atomic mass is 35.5. The van der Waals surface area contributed by atoms with Crippen LogP contribution >= 0.6 is 36.2 Å². The van der Waals surface area contributed by atoms with E-state index in [-0.39, 0.29) is 37.1 Å². The number of nitrogens with zero attached hydrogens (tertiary/aromatic N) is 2. The highest BCUT2D eigenvalue weighted by molar-refractivity contribution is 7.09. The van der Waals surface area contributed by atoms with E-state index in [2.05, 4.69) is 4.98 Å². The Morgan fingerprint density at radius 1 is 1.50 bits per heavy atom. The molecule has 20 heavy (non-hydrogen) atoms. The highest BCUT2D eigenvalue weighted by Crippen LogP contribution is 2.18. The molecular formula is C12H18Cl2N2O3S. The van der Waals surface area contributed by atoms with Crippen molar-refractivity contribution in [2.24, 2.45) is 5.92 Å². The molecule has 1 aliphatic rings. The number of carbonyl (C=O) groups is 2. The van der Waals surface area contributed by atoms with E-state index in [4.69, 9.17) is 5.11 Å². The van der Waals surface area contributed by atoms with Crippen molar-refractivity contribution < 1.29 is 14.7 Å². The van der Waals surface area contributed by atoms with Crippen LogP contribution in [-0.4, -0.2) is 40.0 Å². The first-order chi connectivity index (χ1) is 8.60. The Balaban J connectivity index is 0.00000180. The van der Waals surface area contributed by atoms with Gasteiger partial charge in [-0.3, -0.25) is 9.59 Å². The zero-order valence-electron chi connectivity index (χ0n) is 11.1. The van der Waals surface area contributed by atoms with Crippen LogP contribution < -0.4 is 0 Å². The maximum absolute atomic E-state index is 12.0. The molecule has 0 radical (unpaired) electrons. The Morgan fingerprint density at radius 3 is 2.70 bits per heavy atom. The molecule has 1 fully saturated rings. The minimum Gasteiger partial charge on any atom is -0.481 e. The summed E-state index contributed by atoms with van der Waals surface area (Å²) in [5.74, 6) is -1.24. The van der Waals surface area contributed by atoms with Gasteiger partial charge in [0.05, 0.1) is 23.0 Å². The first kappa shape index (κ1) is 19.1. The molecule has 1 aliphatic heterocycles. The predicted molar refractivity (Wildman–Crippen MR) is 82.0 cm³/mol. The number of thiazole rings is 1. The van der Waals surface area contributed by atoms with Crippen LogP contribution in [0.2, 0.25) is 0 Å². The van der Waals surface area contributed by atoms with Crippen molar-refractivity contribution in [1.29, 1.82) is 0 Å². The molecule has 114 valence electrons. The van der Waals surface area contributed by atoms with Crippen LogP contribution in [0.3, 0.4) is 0 Å². The molecule has 0 aliphatic carbocycles.